The van der Waals surface area contributed by atoms with Crippen LogP contribution in [-0.2, 0) is 23.9 Å². The topological polar surface area (TPSA) is 116 Å². The zero-order chi connectivity index (χ0) is 24.2. The zero-order valence-electron chi connectivity index (χ0n) is 19.2. The van der Waals surface area contributed by atoms with E-state index in [-0.39, 0.29) is 35.3 Å². The number of aliphatic carboxylic acids is 1. The molecule has 10 heteroatoms. The number of carbonyl (C=O) groups excluding carboxylic acids is 4. The largest absolute Gasteiger partial charge is 1.00 e. The van der Waals surface area contributed by atoms with Crippen molar-refractivity contribution in [3.05, 3.63) is 89.1 Å². The number of amides is 2. The number of hydrogen-bond acceptors (Lipinski definition) is 7. The molecule has 0 aliphatic carbocycles. The Morgan fingerprint density at radius 2 is 1.74 bits per heavy atom. The van der Waals surface area contributed by atoms with E-state index in [0.717, 1.165) is 10.5 Å². The molecule has 2 amide bonds. The number of benzene rings is 2. The van der Waals surface area contributed by atoms with Gasteiger partial charge in [-0.05, 0) is 24.1 Å². The number of fused-ring (bicyclic) bond motifs is 1. The van der Waals surface area contributed by atoms with E-state index in [2.05, 4.69) is 5.32 Å². The van der Waals surface area contributed by atoms with Crippen molar-refractivity contribution in [2.75, 3.05) is 5.75 Å². The van der Waals surface area contributed by atoms with E-state index < -0.39 is 41.3 Å². The Kier molecular flexibility index (Phi) is 8.96. The van der Waals surface area contributed by atoms with Crippen molar-refractivity contribution in [2.45, 2.75) is 24.4 Å². The van der Waals surface area contributed by atoms with Gasteiger partial charge in [0, 0.05) is 17.4 Å². The molecular formula is C25H21N2NaO6S. The van der Waals surface area contributed by atoms with Crippen molar-refractivity contribution >= 4 is 41.6 Å². The van der Waals surface area contributed by atoms with Crippen LogP contribution in [0.1, 0.15) is 24.2 Å². The number of carboxylic acid groups (broad SMARTS) is 1. The molecule has 2 heterocycles. The number of carboxylic acids is 1. The predicted molar refractivity (Wildman–Crippen MR) is 123 cm³/mol. The van der Waals surface area contributed by atoms with Gasteiger partial charge in [-0.2, -0.15) is 0 Å². The number of hydrogen-bond donors (Lipinski definition) is 1. The molecule has 0 radical (unpaired) electrons. The van der Waals surface area contributed by atoms with Gasteiger partial charge in [0.25, 0.3) is 11.8 Å². The fourth-order valence-corrected chi connectivity index (χ4v) is 5.07. The van der Waals surface area contributed by atoms with Crippen LogP contribution in [0.2, 0.25) is 0 Å². The molecule has 2 aromatic carbocycles. The molecular weight excluding hydrogens is 479 g/mol. The molecule has 4 rings (SSSR count). The number of β-lactam (4-membered cyclic amide) rings is 1. The normalized spacial score (nSPS) is 19.8. The van der Waals surface area contributed by atoms with Gasteiger partial charge in [0.05, 0.1) is 11.7 Å². The van der Waals surface area contributed by atoms with Gasteiger partial charge in [0.1, 0.15) is 11.4 Å². The Hall–Kier alpha value is -2.85. The molecule has 8 nitrogen and oxygen atoms in total. The van der Waals surface area contributed by atoms with E-state index in [4.69, 9.17) is 4.74 Å². The van der Waals surface area contributed by atoms with Crippen LogP contribution >= 0.6 is 11.8 Å². The Labute approximate surface area is 228 Å². The molecule has 2 aliphatic heterocycles. The van der Waals surface area contributed by atoms with Gasteiger partial charge in [0.2, 0.25) is 6.10 Å². The molecule has 2 aromatic rings. The summed E-state index contributed by atoms with van der Waals surface area (Å²) in [5.74, 6) is -2.98. The van der Waals surface area contributed by atoms with Crippen molar-refractivity contribution in [3.63, 3.8) is 0 Å². The first-order chi connectivity index (χ1) is 16.4. The van der Waals surface area contributed by atoms with E-state index in [1.165, 1.54) is 17.8 Å². The third-order valence-electron chi connectivity index (χ3n) is 5.44. The minimum Gasteiger partial charge on any atom is -0.543 e. The fourth-order valence-electron chi connectivity index (χ4n) is 3.78. The van der Waals surface area contributed by atoms with E-state index in [9.17, 15) is 24.3 Å². The molecule has 1 unspecified atom stereocenters. The van der Waals surface area contributed by atoms with Crippen LogP contribution in [0.3, 0.4) is 0 Å². The molecule has 35 heavy (non-hydrogen) atoms. The summed E-state index contributed by atoms with van der Waals surface area (Å²) in [6.45, 7) is 1.63. The van der Waals surface area contributed by atoms with E-state index in [0.29, 0.717) is 16.9 Å². The van der Waals surface area contributed by atoms with Crippen LogP contribution in [0.25, 0.3) is 6.08 Å². The summed E-state index contributed by atoms with van der Waals surface area (Å²) in [6.07, 6.45) is 1.51. The Balaban J connectivity index is 0.00000342. The van der Waals surface area contributed by atoms with Crippen molar-refractivity contribution < 1.29 is 58.6 Å². The van der Waals surface area contributed by atoms with Crippen molar-refractivity contribution in [1.82, 2.24) is 10.2 Å². The standard InChI is InChI=1S/C25H22N2O6S.Na/c1-15-14-34-24-19(23(30)27(24)20(15)25(31)32)26-22(29)21(17-10-6-3-7-11-17)33-18(28)13-12-16-8-4-2-5-9-16;/h2-13,19,21,24H,14H2,1H3,(H,26,29)(H,31,32);/q;+1/p-1/t19?,21-,24-;/m1./s1. The van der Waals surface area contributed by atoms with Gasteiger partial charge in [-0.1, -0.05) is 60.7 Å². The minimum atomic E-state index is -1.43. The number of esters is 1. The monoisotopic (exact) mass is 500 g/mol. The van der Waals surface area contributed by atoms with E-state index >= 15 is 0 Å². The van der Waals surface area contributed by atoms with Crippen LogP contribution in [0.5, 0.6) is 0 Å². The third-order valence-corrected chi connectivity index (χ3v) is 6.86. The minimum absolute atomic E-state index is 0. The quantitative estimate of drug-likeness (QED) is 0.211. The summed E-state index contributed by atoms with van der Waals surface area (Å²) in [7, 11) is 0. The van der Waals surface area contributed by atoms with E-state index in [1.54, 1.807) is 43.3 Å². The Bertz CT molecular complexity index is 1180. The van der Waals surface area contributed by atoms with Crippen molar-refractivity contribution in [1.29, 1.82) is 0 Å². The second-order valence-corrected chi connectivity index (χ2v) is 8.89. The molecule has 1 N–H and O–H groups in total. The van der Waals surface area contributed by atoms with Gasteiger partial charge in [-0.3, -0.25) is 14.5 Å². The van der Waals surface area contributed by atoms with Gasteiger partial charge >= 0.3 is 35.5 Å². The first-order valence-electron chi connectivity index (χ1n) is 10.5. The van der Waals surface area contributed by atoms with Gasteiger partial charge in [-0.25, -0.2) is 4.79 Å². The summed E-state index contributed by atoms with van der Waals surface area (Å²) in [6, 6.07) is 16.7. The molecule has 0 aromatic heterocycles. The van der Waals surface area contributed by atoms with Gasteiger partial charge in [0.15, 0.2) is 0 Å². The molecule has 174 valence electrons. The third kappa shape index (κ3) is 5.87. The fraction of sp³-hybridized carbons (Fsp3) is 0.200. The summed E-state index contributed by atoms with van der Waals surface area (Å²) >= 11 is 1.35. The van der Waals surface area contributed by atoms with Crippen LogP contribution < -0.4 is 40.0 Å². The second-order valence-electron chi connectivity index (χ2n) is 7.78. The first-order valence-corrected chi connectivity index (χ1v) is 11.6. The van der Waals surface area contributed by atoms with Crippen molar-refractivity contribution in [2.24, 2.45) is 0 Å². The maximum absolute atomic E-state index is 13.1. The summed E-state index contributed by atoms with van der Waals surface area (Å²) in [5.41, 5.74) is 1.60. The van der Waals surface area contributed by atoms with Gasteiger partial charge < -0.3 is 20.0 Å². The maximum atomic E-state index is 13.1. The van der Waals surface area contributed by atoms with Crippen LogP contribution in [-0.4, -0.2) is 45.8 Å². The smallest absolute Gasteiger partial charge is 0.543 e. The maximum Gasteiger partial charge on any atom is 1.00 e. The number of carbonyl (C=O) groups is 4. The summed E-state index contributed by atoms with van der Waals surface area (Å²) in [5, 5.41) is 13.5. The molecule has 1 saturated heterocycles. The number of nitrogens with zero attached hydrogens (tertiary/aromatic N) is 1. The SMILES string of the molecule is CC1=C(C(=O)[O-])N2C(=O)C(NC(=O)[C@H](OC(=O)C=Cc3ccccc3)c3ccccc3)[C@H]2SC1.[Na+]. The zero-order valence-corrected chi connectivity index (χ0v) is 22.0. The molecule has 0 spiro atoms. The molecule has 2 aliphatic rings. The predicted octanol–water partition coefficient (Wildman–Crippen LogP) is -1.59. The Morgan fingerprint density at radius 3 is 2.37 bits per heavy atom. The van der Waals surface area contributed by atoms with Gasteiger partial charge in [-0.15, -0.1) is 11.8 Å². The average Bonchev–Trinajstić information content (AvgIpc) is 2.85. The summed E-state index contributed by atoms with van der Waals surface area (Å²) in [4.78, 5) is 50.9. The number of thioether (sulfide) groups is 1. The molecule has 1 fully saturated rings. The summed E-state index contributed by atoms with van der Waals surface area (Å²) < 4.78 is 5.45. The van der Waals surface area contributed by atoms with E-state index in [1.807, 2.05) is 30.3 Å². The second kappa shape index (κ2) is 11.7. The first kappa shape index (κ1) is 26.7. The molecule has 3 atom stereocenters. The molecule has 0 bridgehead atoms. The number of nitrogens with one attached hydrogen (secondary N) is 1. The average molecular weight is 501 g/mol. The molecule has 0 saturated carbocycles. The van der Waals surface area contributed by atoms with Crippen LogP contribution in [0.15, 0.2) is 78.0 Å². The van der Waals surface area contributed by atoms with Crippen LogP contribution in [0.4, 0.5) is 0 Å². The Morgan fingerprint density at radius 1 is 1.11 bits per heavy atom. The number of ether oxygens (including phenoxy) is 1. The van der Waals surface area contributed by atoms with Crippen LogP contribution in [0, 0.1) is 0 Å². The number of rotatable bonds is 7. The van der Waals surface area contributed by atoms with Crippen molar-refractivity contribution in [3.8, 4) is 0 Å².